The molecule has 0 aliphatic heterocycles. The van der Waals surface area contributed by atoms with Crippen molar-refractivity contribution in [2.75, 3.05) is 6.61 Å². The SMILES string of the molecule is CCCCCCCOc1ccc(-c2ccc(C(=O)Oc3ccc(C4CCC(C)CC4)c(F)c3F)cc2)cc1F. The van der Waals surface area contributed by atoms with E-state index in [1.165, 1.54) is 43.2 Å². The van der Waals surface area contributed by atoms with E-state index < -0.39 is 29.2 Å². The highest BCUT2D eigenvalue weighted by atomic mass is 19.2. The van der Waals surface area contributed by atoms with E-state index in [0.29, 0.717) is 29.2 Å². The van der Waals surface area contributed by atoms with Gasteiger partial charge in [-0.2, -0.15) is 4.39 Å². The van der Waals surface area contributed by atoms with Crippen LogP contribution in [0.25, 0.3) is 11.1 Å². The summed E-state index contributed by atoms with van der Waals surface area (Å²) in [6.07, 6.45) is 9.10. The molecule has 1 aliphatic carbocycles. The van der Waals surface area contributed by atoms with Gasteiger partial charge in [-0.25, -0.2) is 13.6 Å². The van der Waals surface area contributed by atoms with E-state index in [2.05, 4.69) is 13.8 Å². The number of esters is 1. The maximum atomic E-state index is 14.8. The molecule has 1 aliphatic rings. The lowest BCUT2D eigenvalue weighted by Crippen LogP contribution is -2.14. The van der Waals surface area contributed by atoms with E-state index in [1.54, 1.807) is 24.3 Å². The molecule has 0 radical (unpaired) electrons. The number of unbranched alkanes of at least 4 members (excludes halogenated alkanes) is 4. The maximum absolute atomic E-state index is 14.8. The Balaban J connectivity index is 1.36. The Morgan fingerprint density at radius 2 is 1.46 bits per heavy atom. The largest absolute Gasteiger partial charge is 0.491 e. The fraction of sp³-hybridized carbons (Fsp3) is 0.424. The number of carbonyl (C=O) groups excluding carboxylic acids is 1. The van der Waals surface area contributed by atoms with Crippen LogP contribution in [0.3, 0.4) is 0 Å². The van der Waals surface area contributed by atoms with Crippen LogP contribution < -0.4 is 9.47 Å². The molecule has 0 unspecified atom stereocenters. The Morgan fingerprint density at radius 3 is 2.15 bits per heavy atom. The van der Waals surface area contributed by atoms with Gasteiger partial charge in [-0.3, -0.25) is 0 Å². The molecule has 6 heteroatoms. The van der Waals surface area contributed by atoms with Gasteiger partial charge in [-0.15, -0.1) is 0 Å². The highest BCUT2D eigenvalue weighted by molar-refractivity contribution is 5.91. The average Bonchev–Trinajstić information content (AvgIpc) is 2.94. The van der Waals surface area contributed by atoms with E-state index in [4.69, 9.17) is 9.47 Å². The number of rotatable bonds is 11. The minimum atomic E-state index is -1.14. The van der Waals surface area contributed by atoms with Crippen LogP contribution in [-0.4, -0.2) is 12.6 Å². The lowest BCUT2D eigenvalue weighted by Gasteiger charge is -2.27. The number of hydrogen-bond donors (Lipinski definition) is 0. The Morgan fingerprint density at radius 1 is 0.795 bits per heavy atom. The lowest BCUT2D eigenvalue weighted by atomic mass is 9.79. The highest BCUT2D eigenvalue weighted by Gasteiger charge is 2.26. The molecule has 0 bridgehead atoms. The molecule has 4 rings (SSSR count). The second-order valence-corrected chi connectivity index (χ2v) is 10.6. The van der Waals surface area contributed by atoms with Gasteiger partial charge in [-0.05, 0) is 78.1 Å². The number of ether oxygens (including phenoxy) is 2. The van der Waals surface area contributed by atoms with Crippen molar-refractivity contribution in [1.82, 2.24) is 0 Å². The third-order valence-corrected chi connectivity index (χ3v) is 7.63. The fourth-order valence-corrected chi connectivity index (χ4v) is 5.15. The van der Waals surface area contributed by atoms with Crippen molar-refractivity contribution >= 4 is 5.97 Å². The van der Waals surface area contributed by atoms with Crippen LogP contribution >= 0.6 is 0 Å². The van der Waals surface area contributed by atoms with Crippen LogP contribution in [0.4, 0.5) is 13.2 Å². The number of hydrogen-bond acceptors (Lipinski definition) is 3. The van der Waals surface area contributed by atoms with E-state index in [-0.39, 0.29) is 17.2 Å². The molecule has 3 nitrogen and oxygen atoms in total. The first-order valence-corrected chi connectivity index (χ1v) is 14.1. The van der Waals surface area contributed by atoms with Crippen LogP contribution in [0.15, 0.2) is 54.6 Å². The Labute approximate surface area is 229 Å². The van der Waals surface area contributed by atoms with Gasteiger partial charge in [-0.1, -0.05) is 76.6 Å². The minimum absolute atomic E-state index is 0.0194. The number of carbonyl (C=O) groups is 1. The summed E-state index contributed by atoms with van der Waals surface area (Å²) in [5.41, 5.74) is 1.84. The monoisotopic (exact) mass is 538 g/mol. The summed E-state index contributed by atoms with van der Waals surface area (Å²) in [5.74, 6) is -2.97. The summed E-state index contributed by atoms with van der Waals surface area (Å²) in [5, 5.41) is 0. The third-order valence-electron chi connectivity index (χ3n) is 7.63. The smallest absolute Gasteiger partial charge is 0.343 e. The molecule has 3 aromatic rings. The zero-order chi connectivity index (χ0) is 27.8. The van der Waals surface area contributed by atoms with Crippen molar-refractivity contribution in [2.24, 2.45) is 5.92 Å². The molecule has 0 atom stereocenters. The van der Waals surface area contributed by atoms with Crippen molar-refractivity contribution < 1.29 is 27.4 Å². The van der Waals surface area contributed by atoms with Gasteiger partial charge in [0.2, 0.25) is 5.82 Å². The Bertz CT molecular complexity index is 1250. The summed E-state index contributed by atoms with van der Waals surface area (Å²) < 4.78 is 55.0. The van der Waals surface area contributed by atoms with Crippen LogP contribution in [0, 0.1) is 23.4 Å². The second-order valence-electron chi connectivity index (χ2n) is 10.6. The van der Waals surface area contributed by atoms with Crippen LogP contribution in [0.1, 0.15) is 93.5 Å². The molecule has 3 aromatic carbocycles. The predicted molar refractivity (Wildman–Crippen MR) is 148 cm³/mol. The summed E-state index contributed by atoms with van der Waals surface area (Å²) in [6.45, 7) is 4.81. The maximum Gasteiger partial charge on any atom is 0.343 e. The molecule has 0 aromatic heterocycles. The molecule has 0 spiro atoms. The average molecular weight is 539 g/mol. The fourth-order valence-electron chi connectivity index (χ4n) is 5.15. The first kappa shape index (κ1) is 28.7. The van der Waals surface area contributed by atoms with Crippen molar-refractivity contribution in [3.63, 3.8) is 0 Å². The molecule has 39 heavy (non-hydrogen) atoms. The molecule has 0 heterocycles. The van der Waals surface area contributed by atoms with Gasteiger partial charge in [0, 0.05) is 0 Å². The van der Waals surface area contributed by atoms with Crippen molar-refractivity contribution in [1.29, 1.82) is 0 Å². The molecular formula is C33H37F3O3. The van der Waals surface area contributed by atoms with Crippen LogP contribution in [0.5, 0.6) is 11.5 Å². The van der Waals surface area contributed by atoms with Crippen LogP contribution in [-0.2, 0) is 0 Å². The van der Waals surface area contributed by atoms with Crippen molar-refractivity contribution in [3.8, 4) is 22.6 Å². The van der Waals surface area contributed by atoms with Crippen LogP contribution in [0.2, 0.25) is 0 Å². The normalized spacial score (nSPS) is 17.2. The van der Waals surface area contributed by atoms with Gasteiger partial charge in [0.15, 0.2) is 23.1 Å². The summed E-state index contributed by atoms with van der Waals surface area (Å²) >= 11 is 0. The number of benzene rings is 3. The van der Waals surface area contributed by atoms with E-state index in [0.717, 1.165) is 44.9 Å². The molecule has 1 fully saturated rings. The number of halogens is 3. The standard InChI is InChI=1S/C33H37F3O3/c1-3-4-5-6-7-20-38-29-18-16-26(21-28(29)34)23-12-14-25(15-13-23)33(37)39-30-19-17-27(31(35)32(30)36)24-10-8-22(2)9-11-24/h12-19,21-22,24H,3-11,20H2,1-2H3. The van der Waals surface area contributed by atoms with E-state index in [9.17, 15) is 18.0 Å². The van der Waals surface area contributed by atoms with Crippen molar-refractivity contribution in [2.45, 2.75) is 77.6 Å². The molecule has 208 valence electrons. The Hall–Kier alpha value is -3.28. The zero-order valence-corrected chi connectivity index (χ0v) is 22.8. The molecule has 0 saturated heterocycles. The van der Waals surface area contributed by atoms with Gasteiger partial charge >= 0.3 is 5.97 Å². The summed E-state index contributed by atoms with van der Waals surface area (Å²) in [6, 6.07) is 14.0. The third kappa shape index (κ3) is 7.43. The second kappa shape index (κ2) is 13.7. The Kier molecular flexibility index (Phi) is 10.1. The van der Waals surface area contributed by atoms with Gasteiger partial charge < -0.3 is 9.47 Å². The van der Waals surface area contributed by atoms with E-state index >= 15 is 0 Å². The van der Waals surface area contributed by atoms with Gasteiger partial charge in [0.05, 0.1) is 12.2 Å². The van der Waals surface area contributed by atoms with Gasteiger partial charge in [0.1, 0.15) is 0 Å². The van der Waals surface area contributed by atoms with Crippen molar-refractivity contribution in [3.05, 3.63) is 83.2 Å². The van der Waals surface area contributed by atoms with E-state index in [1.807, 2.05) is 0 Å². The first-order chi connectivity index (χ1) is 18.9. The lowest BCUT2D eigenvalue weighted by molar-refractivity contribution is 0.0726. The summed E-state index contributed by atoms with van der Waals surface area (Å²) in [4.78, 5) is 12.6. The highest BCUT2D eigenvalue weighted by Crippen LogP contribution is 2.38. The molecule has 0 amide bonds. The zero-order valence-electron chi connectivity index (χ0n) is 22.8. The quantitative estimate of drug-likeness (QED) is 0.138. The minimum Gasteiger partial charge on any atom is -0.491 e. The van der Waals surface area contributed by atoms with Gasteiger partial charge in [0.25, 0.3) is 0 Å². The molecular weight excluding hydrogens is 501 g/mol. The topological polar surface area (TPSA) is 35.5 Å². The predicted octanol–water partition coefficient (Wildman–Crippen LogP) is 9.63. The first-order valence-electron chi connectivity index (χ1n) is 14.1. The molecule has 1 saturated carbocycles. The molecule has 0 N–H and O–H groups in total. The summed E-state index contributed by atoms with van der Waals surface area (Å²) in [7, 11) is 0.